The Balaban J connectivity index is 1.76. The van der Waals surface area contributed by atoms with Crippen molar-refractivity contribution in [3.8, 4) is 0 Å². The molecule has 0 bridgehead atoms. The molecule has 0 aliphatic carbocycles. The van der Waals surface area contributed by atoms with E-state index in [1.54, 1.807) is 0 Å². The molecule has 22 heavy (non-hydrogen) atoms. The number of nitrogens with one attached hydrogen (secondary N) is 1. The van der Waals surface area contributed by atoms with Crippen molar-refractivity contribution in [2.24, 2.45) is 0 Å². The molecule has 0 spiro atoms. The SMILES string of the molecule is CC1(C)COC(c2ccccc2)CN1C(=O)C1CNCCO1. The molecule has 1 aromatic carbocycles. The lowest BCUT2D eigenvalue weighted by molar-refractivity contribution is -0.167. The van der Waals surface area contributed by atoms with Gasteiger partial charge in [0, 0.05) is 13.1 Å². The number of amides is 1. The Morgan fingerprint density at radius 3 is 2.73 bits per heavy atom. The van der Waals surface area contributed by atoms with Gasteiger partial charge in [0.2, 0.25) is 0 Å². The molecule has 5 nitrogen and oxygen atoms in total. The number of carbonyl (C=O) groups excluding carboxylic acids is 1. The number of morpholine rings is 2. The summed E-state index contributed by atoms with van der Waals surface area (Å²) in [4.78, 5) is 14.8. The smallest absolute Gasteiger partial charge is 0.253 e. The largest absolute Gasteiger partial charge is 0.369 e. The van der Waals surface area contributed by atoms with Crippen molar-refractivity contribution in [2.75, 3.05) is 32.8 Å². The van der Waals surface area contributed by atoms with Crippen LogP contribution in [0.1, 0.15) is 25.5 Å². The molecule has 2 aliphatic rings. The van der Waals surface area contributed by atoms with E-state index in [2.05, 4.69) is 5.32 Å². The van der Waals surface area contributed by atoms with Crippen molar-refractivity contribution in [1.82, 2.24) is 10.2 Å². The summed E-state index contributed by atoms with van der Waals surface area (Å²) in [6.45, 7) is 7.16. The molecular weight excluding hydrogens is 280 g/mol. The second-order valence-corrected chi connectivity index (χ2v) is 6.54. The van der Waals surface area contributed by atoms with Crippen LogP contribution in [0.3, 0.4) is 0 Å². The second kappa shape index (κ2) is 6.36. The quantitative estimate of drug-likeness (QED) is 0.896. The lowest BCUT2D eigenvalue weighted by atomic mass is 9.97. The molecule has 0 aromatic heterocycles. The Labute approximate surface area is 131 Å². The van der Waals surface area contributed by atoms with E-state index < -0.39 is 0 Å². The van der Waals surface area contributed by atoms with Crippen molar-refractivity contribution >= 4 is 5.91 Å². The van der Waals surface area contributed by atoms with Gasteiger partial charge in [-0.15, -0.1) is 0 Å². The summed E-state index contributed by atoms with van der Waals surface area (Å²) in [5.74, 6) is 0.0569. The molecule has 2 saturated heterocycles. The normalized spacial score (nSPS) is 28.4. The fraction of sp³-hybridized carbons (Fsp3) is 0.588. The van der Waals surface area contributed by atoms with Gasteiger partial charge in [-0.2, -0.15) is 0 Å². The van der Waals surface area contributed by atoms with Crippen LogP contribution in [0.25, 0.3) is 0 Å². The lowest BCUT2D eigenvalue weighted by Crippen LogP contribution is -2.60. The minimum absolute atomic E-state index is 0.0569. The molecule has 1 amide bonds. The van der Waals surface area contributed by atoms with Crippen LogP contribution >= 0.6 is 0 Å². The van der Waals surface area contributed by atoms with Crippen molar-refractivity contribution in [3.63, 3.8) is 0 Å². The highest BCUT2D eigenvalue weighted by Crippen LogP contribution is 2.31. The molecule has 2 heterocycles. The first-order valence-electron chi connectivity index (χ1n) is 7.88. The predicted molar refractivity (Wildman–Crippen MR) is 83.5 cm³/mol. The van der Waals surface area contributed by atoms with Gasteiger partial charge >= 0.3 is 0 Å². The van der Waals surface area contributed by atoms with Gasteiger partial charge in [0.1, 0.15) is 12.2 Å². The van der Waals surface area contributed by atoms with Gasteiger partial charge in [-0.05, 0) is 19.4 Å². The first kappa shape index (κ1) is 15.5. The standard InChI is InChI=1S/C17H24N2O3/c1-17(2)12-22-15(13-6-4-3-5-7-13)11-19(17)16(20)14-10-18-8-9-21-14/h3-7,14-15,18H,8-12H2,1-2H3. The molecule has 120 valence electrons. The predicted octanol–water partition coefficient (Wildman–Crippen LogP) is 1.35. The number of hydrogen-bond acceptors (Lipinski definition) is 4. The fourth-order valence-corrected chi connectivity index (χ4v) is 3.00. The highest BCUT2D eigenvalue weighted by molar-refractivity contribution is 5.82. The zero-order chi connectivity index (χ0) is 15.6. The van der Waals surface area contributed by atoms with Gasteiger partial charge in [0.15, 0.2) is 0 Å². The summed E-state index contributed by atoms with van der Waals surface area (Å²) in [5.41, 5.74) is 0.793. The minimum Gasteiger partial charge on any atom is -0.369 e. The van der Waals surface area contributed by atoms with E-state index in [0.717, 1.165) is 12.1 Å². The van der Waals surface area contributed by atoms with Crippen molar-refractivity contribution in [2.45, 2.75) is 31.6 Å². The first-order chi connectivity index (χ1) is 10.6. The summed E-state index contributed by atoms with van der Waals surface area (Å²) in [6.07, 6.45) is -0.461. The Bertz CT molecular complexity index is 512. The molecule has 2 fully saturated rings. The van der Waals surface area contributed by atoms with E-state index in [4.69, 9.17) is 9.47 Å². The third-order valence-corrected chi connectivity index (χ3v) is 4.36. The number of benzene rings is 1. The molecule has 1 aromatic rings. The molecular formula is C17H24N2O3. The summed E-state index contributed by atoms with van der Waals surface area (Å²) >= 11 is 0. The van der Waals surface area contributed by atoms with Gasteiger partial charge in [0.25, 0.3) is 5.91 Å². The van der Waals surface area contributed by atoms with Crippen LogP contribution in [0.15, 0.2) is 30.3 Å². The van der Waals surface area contributed by atoms with Gasteiger partial charge in [0.05, 0.1) is 25.3 Å². The summed E-state index contributed by atoms with van der Waals surface area (Å²) < 4.78 is 11.6. The highest BCUT2D eigenvalue weighted by Gasteiger charge is 2.41. The zero-order valence-electron chi connectivity index (χ0n) is 13.2. The maximum atomic E-state index is 12.9. The second-order valence-electron chi connectivity index (χ2n) is 6.54. The maximum Gasteiger partial charge on any atom is 0.253 e. The number of carbonyl (C=O) groups is 1. The highest BCUT2D eigenvalue weighted by atomic mass is 16.5. The van der Waals surface area contributed by atoms with Crippen molar-refractivity contribution in [3.05, 3.63) is 35.9 Å². The van der Waals surface area contributed by atoms with Crippen LogP contribution in [0.4, 0.5) is 0 Å². The van der Waals surface area contributed by atoms with Gasteiger partial charge in [-0.1, -0.05) is 30.3 Å². The van der Waals surface area contributed by atoms with Gasteiger partial charge in [-0.25, -0.2) is 0 Å². The number of nitrogens with zero attached hydrogens (tertiary/aromatic N) is 1. The molecule has 3 rings (SSSR count). The number of rotatable bonds is 2. The van der Waals surface area contributed by atoms with Gasteiger partial charge in [-0.3, -0.25) is 4.79 Å². The molecule has 0 radical (unpaired) electrons. The Morgan fingerprint density at radius 1 is 1.27 bits per heavy atom. The Hall–Kier alpha value is -1.43. The Morgan fingerprint density at radius 2 is 2.05 bits per heavy atom. The topological polar surface area (TPSA) is 50.8 Å². The molecule has 2 aliphatic heterocycles. The van der Waals surface area contributed by atoms with E-state index in [1.165, 1.54) is 0 Å². The minimum atomic E-state index is -0.387. The maximum absolute atomic E-state index is 12.9. The van der Waals surface area contributed by atoms with E-state index in [9.17, 15) is 4.79 Å². The van der Waals surface area contributed by atoms with Crippen LogP contribution in [0.2, 0.25) is 0 Å². The number of ether oxygens (including phenoxy) is 2. The van der Waals surface area contributed by atoms with Crippen molar-refractivity contribution in [1.29, 1.82) is 0 Å². The van der Waals surface area contributed by atoms with E-state index in [1.807, 2.05) is 49.1 Å². The monoisotopic (exact) mass is 304 g/mol. The van der Waals surface area contributed by atoms with Crippen LogP contribution in [0, 0.1) is 0 Å². The van der Waals surface area contributed by atoms with E-state index in [0.29, 0.717) is 26.3 Å². The van der Waals surface area contributed by atoms with E-state index >= 15 is 0 Å². The van der Waals surface area contributed by atoms with Crippen molar-refractivity contribution < 1.29 is 14.3 Å². The average molecular weight is 304 g/mol. The average Bonchev–Trinajstić information content (AvgIpc) is 2.56. The summed E-state index contributed by atoms with van der Waals surface area (Å²) in [7, 11) is 0. The summed E-state index contributed by atoms with van der Waals surface area (Å²) in [6, 6.07) is 10.1. The third kappa shape index (κ3) is 3.16. The van der Waals surface area contributed by atoms with E-state index in [-0.39, 0.29) is 23.7 Å². The fourth-order valence-electron chi connectivity index (χ4n) is 3.00. The molecule has 5 heteroatoms. The third-order valence-electron chi connectivity index (χ3n) is 4.36. The van der Waals surface area contributed by atoms with Crippen LogP contribution in [0.5, 0.6) is 0 Å². The van der Waals surface area contributed by atoms with Crippen LogP contribution in [-0.2, 0) is 14.3 Å². The molecule has 2 atom stereocenters. The zero-order valence-corrected chi connectivity index (χ0v) is 13.2. The number of hydrogen-bond donors (Lipinski definition) is 1. The molecule has 1 N–H and O–H groups in total. The molecule has 0 saturated carbocycles. The van der Waals surface area contributed by atoms with Crippen LogP contribution in [-0.4, -0.2) is 55.3 Å². The first-order valence-corrected chi connectivity index (χ1v) is 7.88. The molecule has 2 unspecified atom stereocenters. The summed E-state index contributed by atoms with van der Waals surface area (Å²) in [5, 5.41) is 3.22. The van der Waals surface area contributed by atoms with Crippen LogP contribution < -0.4 is 5.32 Å². The lowest BCUT2D eigenvalue weighted by Gasteiger charge is -2.46. The van der Waals surface area contributed by atoms with Gasteiger partial charge < -0.3 is 19.7 Å². The Kier molecular flexibility index (Phi) is 4.47.